The molecule has 0 radical (unpaired) electrons. The number of anilines is 1. The van der Waals surface area contributed by atoms with E-state index in [2.05, 4.69) is 70.5 Å². The molecule has 1 aromatic carbocycles. The fraction of sp³-hybridized carbons (Fsp3) is 0.524. The molecule has 1 atom stereocenters. The zero-order chi connectivity index (χ0) is 19.2. The van der Waals surface area contributed by atoms with Crippen LogP contribution in [0.2, 0.25) is 0 Å². The van der Waals surface area contributed by atoms with E-state index in [1.165, 1.54) is 42.1 Å². The zero-order valence-corrected chi connectivity index (χ0v) is 17.7. The topological polar surface area (TPSA) is 52.6 Å². The van der Waals surface area contributed by atoms with E-state index in [9.17, 15) is 0 Å². The first kappa shape index (κ1) is 19.7. The van der Waals surface area contributed by atoms with Gasteiger partial charge >= 0.3 is 0 Å². The fourth-order valence-electron chi connectivity index (χ4n) is 3.55. The quantitative estimate of drug-likeness (QED) is 0.586. The minimum atomic E-state index is 0.200. The highest BCUT2D eigenvalue weighted by molar-refractivity contribution is 7.11. The second-order valence-corrected chi connectivity index (χ2v) is 8.43. The van der Waals surface area contributed by atoms with Gasteiger partial charge in [-0.15, -0.1) is 11.3 Å². The molecule has 146 valence electrons. The highest BCUT2D eigenvalue weighted by atomic mass is 32.1. The summed E-state index contributed by atoms with van der Waals surface area (Å²) in [6.45, 7) is 9.53. The van der Waals surface area contributed by atoms with Gasteiger partial charge < -0.3 is 15.5 Å². The SMILES string of the molecule is CN=C(NCCc1sc(C)nc1C)NC(C)c1cccc(N2CCCC2)c1. The number of hydrogen-bond acceptors (Lipinski definition) is 4. The van der Waals surface area contributed by atoms with Gasteiger partial charge in [0, 0.05) is 43.7 Å². The van der Waals surface area contributed by atoms with Crippen LogP contribution >= 0.6 is 11.3 Å². The van der Waals surface area contributed by atoms with Crippen LogP contribution in [-0.2, 0) is 6.42 Å². The van der Waals surface area contributed by atoms with Gasteiger partial charge in [-0.05, 0) is 51.3 Å². The van der Waals surface area contributed by atoms with Gasteiger partial charge in [0.1, 0.15) is 0 Å². The van der Waals surface area contributed by atoms with E-state index in [0.29, 0.717) is 0 Å². The number of rotatable bonds is 6. The highest BCUT2D eigenvalue weighted by Gasteiger charge is 2.14. The van der Waals surface area contributed by atoms with Crippen molar-refractivity contribution < 1.29 is 0 Å². The molecule has 0 spiro atoms. The lowest BCUT2D eigenvalue weighted by Gasteiger charge is -2.22. The van der Waals surface area contributed by atoms with Crippen LogP contribution in [0.25, 0.3) is 0 Å². The van der Waals surface area contributed by atoms with E-state index >= 15 is 0 Å². The molecule has 1 fully saturated rings. The van der Waals surface area contributed by atoms with Crippen LogP contribution < -0.4 is 15.5 Å². The van der Waals surface area contributed by atoms with Crippen molar-refractivity contribution in [2.45, 2.75) is 46.1 Å². The molecule has 2 aromatic rings. The van der Waals surface area contributed by atoms with Gasteiger partial charge in [-0.2, -0.15) is 0 Å². The minimum Gasteiger partial charge on any atom is -0.372 e. The normalized spacial score (nSPS) is 15.9. The second-order valence-electron chi connectivity index (χ2n) is 7.15. The highest BCUT2D eigenvalue weighted by Crippen LogP contribution is 2.24. The molecule has 1 saturated heterocycles. The Labute approximate surface area is 166 Å². The van der Waals surface area contributed by atoms with Gasteiger partial charge in [0.15, 0.2) is 5.96 Å². The first-order valence-electron chi connectivity index (χ1n) is 9.82. The van der Waals surface area contributed by atoms with Gasteiger partial charge in [0.25, 0.3) is 0 Å². The third kappa shape index (κ3) is 5.22. The summed E-state index contributed by atoms with van der Waals surface area (Å²) in [7, 11) is 1.82. The third-order valence-corrected chi connectivity index (χ3v) is 6.19. The van der Waals surface area contributed by atoms with Crippen molar-refractivity contribution in [2.75, 3.05) is 31.6 Å². The Bertz CT molecular complexity index is 777. The summed E-state index contributed by atoms with van der Waals surface area (Å²) in [6, 6.07) is 9.07. The van der Waals surface area contributed by atoms with Gasteiger partial charge in [0.05, 0.1) is 16.7 Å². The van der Waals surface area contributed by atoms with E-state index in [1.54, 1.807) is 11.3 Å². The molecule has 0 saturated carbocycles. The molecule has 0 bridgehead atoms. The monoisotopic (exact) mass is 385 g/mol. The number of aromatic nitrogens is 1. The third-order valence-electron chi connectivity index (χ3n) is 5.06. The summed E-state index contributed by atoms with van der Waals surface area (Å²) in [5.74, 6) is 0.841. The smallest absolute Gasteiger partial charge is 0.191 e. The lowest BCUT2D eigenvalue weighted by molar-refractivity contribution is 0.684. The molecular weight excluding hydrogens is 354 g/mol. The zero-order valence-electron chi connectivity index (χ0n) is 16.9. The molecule has 1 aliphatic heterocycles. The predicted octanol–water partition coefficient (Wildman–Crippen LogP) is 3.83. The maximum Gasteiger partial charge on any atom is 0.191 e. The summed E-state index contributed by atoms with van der Waals surface area (Å²) in [4.78, 5) is 12.7. The van der Waals surface area contributed by atoms with Crippen LogP contribution in [0.4, 0.5) is 5.69 Å². The molecule has 2 N–H and O–H groups in total. The van der Waals surface area contributed by atoms with E-state index in [-0.39, 0.29) is 6.04 Å². The number of hydrogen-bond donors (Lipinski definition) is 2. The first-order chi connectivity index (χ1) is 13.1. The molecule has 0 amide bonds. The van der Waals surface area contributed by atoms with Crippen LogP contribution in [0.3, 0.4) is 0 Å². The largest absolute Gasteiger partial charge is 0.372 e. The minimum absolute atomic E-state index is 0.200. The Morgan fingerprint density at radius 2 is 2.07 bits per heavy atom. The summed E-state index contributed by atoms with van der Waals surface area (Å²) < 4.78 is 0. The Kier molecular flexibility index (Phi) is 6.72. The molecule has 1 aliphatic rings. The second kappa shape index (κ2) is 9.22. The summed E-state index contributed by atoms with van der Waals surface area (Å²) in [6.07, 6.45) is 3.57. The average molecular weight is 386 g/mol. The van der Waals surface area contributed by atoms with Crippen LogP contribution in [-0.4, -0.2) is 37.6 Å². The van der Waals surface area contributed by atoms with Gasteiger partial charge in [-0.25, -0.2) is 4.98 Å². The van der Waals surface area contributed by atoms with Crippen molar-refractivity contribution in [1.29, 1.82) is 0 Å². The summed E-state index contributed by atoms with van der Waals surface area (Å²) in [5, 5.41) is 8.08. The molecule has 2 heterocycles. The first-order valence-corrected chi connectivity index (χ1v) is 10.6. The van der Waals surface area contributed by atoms with Crippen LogP contribution in [0.5, 0.6) is 0 Å². The number of benzene rings is 1. The Balaban J connectivity index is 1.54. The fourth-order valence-corrected chi connectivity index (χ4v) is 4.49. The van der Waals surface area contributed by atoms with Crippen molar-refractivity contribution >= 4 is 23.0 Å². The number of nitrogens with one attached hydrogen (secondary N) is 2. The van der Waals surface area contributed by atoms with Crippen molar-refractivity contribution in [3.8, 4) is 0 Å². The number of guanidine groups is 1. The lowest BCUT2D eigenvalue weighted by Crippen LogP contribution is -2.39. The lowest BCUT2D eigenvalue weighted by atomic mass is 10.1. The van der Waals surface area contributed by atoms with Crippen molar-refractivity contribution in [3.05, 3.63) is 45.4 Å². The van der Waals surface area contributed by atoms with E-state index in [1.807, 2.05) is 7.05 Å². The van der Waals surface area contributed by atoms with Gasteiger partial charge in [-0.1, -0.05) is 12.1 Å². The van der Waals surface area contributed by atoms with Crippen molar-refractivity contribution in [3.63, 3.8) is 0 Å². The molecule has 5 nitrogen and oxygen atoms in total. The number of nitrogens with zero attached hydrogens (tertiary/aromatic N) is 3. The Hall–Kier alpha value is -2.08. The van der Waals surface area contributed by atoms with Crippen LogP contribution in [0.1, 0.15) is 46.9 Å². The maximum atomic E-state index is 4.50. The van der Waals surface area contributed by atoms with Crippen molar-refractivity contribution in [1.82, 2.24) is 15.6 Å². The molecule has 1 unspecified atom stereocenters. The molecular formula is C21H31N5S. The number of thiazole rings is 1. The van der Waals surface area contributed by atoms with E-state index < -0.39 is 0 Å². The standard InChI is InChI=1S/C21H31N5S/c1-15(18-8-7-9-19(14-18)26-12-5-6-13-26)25-21(22-4)23-11-10-20-16(2)24-17(3)27-20/h7-9,14-15H,5-6,10-13H2,1-4H3,(H2,22,23,25). The molecule has 3 rings (SSSR count). The molecule has 6 heteroatoms. The number of aliphatic imine (C=N–C) groups is 1. The number of aryl methyl sites for hydroxylation is 2. The average Bonchev–Trinajstić information content (AvgIpc) is 3.31. The van der Waals surface area contributed by atoms with E-state index in [4.69, 9.17) is 0 Å². The Morgan fingerprint density at radius 3 is 2.74 bits per heavy atom. The van der Waals surface area contributed by atoms with E-state index in [0.717, 1.165) is 29.6 Å². The molecule has 1 aromatic heterocycles. The van der Waals surface area contributed by atoms with Gasteiger partial charge in [0.2, 0.25) is 0 Å². The summed E-state index contributed by atoms with van der Waals surface area (Å²) >= 11 is 1.78. The molecule has 0 aliphatic carbocycles. The summed E-state index contributed by atoms with van der Waals surface area (Å²) in [5.41, 5.74) is 3.77. The molecule has 27 heavy (non-hydrogen) atoms. The predicted molar refractivity (Wildman–Crippen MR) is 116 cm³/mol. The van der Waals surface area contributed by atoms with Crippen LogP contribution in [0, 0.1) is 13.8 Å². The van der Waals surface area contributed by atoms with Crippen LogP contribution in [0.15, 0.2) is 29.3 Å². The maximum absolute atomic E-state index is 4.50. The van der Waals surface area contributed by atoms with Crippen molar-refractivity contribution in [2.24, 2.45) is 4.99 Å². The van der Waals surface area contributed by atoms with Gasteiger partial charge in [-0.3, -0.25) is 4.99 Å². The Morgan fingerprint density at radius 1 is 1.30 bits per heavy atom.